The summed E-state index contributed by atoms with van der Waals surface area (Å²) >= 11 is 6.91. The number of allylic oxidation sites excluding steroid dienone is 1. The Morgan fingerprint density at radius 1 is 1.11 bits per heavy atom. The largest absolute Gasteiger partial charge is 0.496 e. The Morgan fingerprint density at radius 2 is 1.87 bits per heavy atom. The molecule has 12 heteroatoms. The molecule has 1 aliphatic heterocycles. The molecule has 4 aromatic rings. The fraction of sp³-hybridized carbons (Fsp3) is 0.265. The predicted molar refractivity (Wildman–Crippen MR) is 187 cm³/mol. The number of benzene rings is 3. The number of methoxy groups -OCH3 is 2. The van der Waals surface area contributed by atoms with Crippen LogP contribution in [0.25, 0.3) is 6.08 Å². The van der Waals surface area contributed by atoms with E-state index in [1.54, 1.807) is 55.0 Å². The monoisotopic (exact) mass is 820 g/mol. The van der Waals surface area contributed by atoms with Crippen LogP contribution in [0.15, 0.2) is 80.1 Å². The molecule has 0 bridgehead atoms. The van der Waals surface area contributed by atoms with Crippen LogP contribution in [0.2, 0.25) is 0 Å². The number of halogens is 3. The van der Waals surface area contributed by atoms with E-state index in [2.05, 4.69) is 38.5 Å². The van der Waals surface area contributed by atoms with Crippen LogP contribution >= 0.6 is 49.9 Å². The summed E-state index contributed by atoms with van der Waals surface area (Å²) in [6.07, 6.45) is 3.02. The molecule has 0 aliphatic carbocycles. The van der Waals surface area contributed by atoms with Crippen molar-refractivity contribution in [2.45, 2.75) is 39.3 Å². The van der Waals surface area contributed by atoms with Gasteiger partial charge in [0.25, 0.3) is 5.56 Å². The van der Waals surface area contributed by atoms with E-state index >= 15 is 0 Å². The average Bonchev–Trinajstić information content (AvgIpc) is 3.34. The molecule has 5 rings (SSSR count). The van der Waals surface area contributed by atoms with Gasteiger partial charge in [-0.15, -0.1) is 0 Å². The summed E-state index contributed by atoms with van der Waals surface area (Å²) in [5.74, 6) is 0.549. The van der Waals surface area contributed by atoms with Gasteiger partial charge in [0.05, 0.1) is 40.2 Å². The molecule has 0 N–H and O–H groups in total. The lowest BCUT2D eigenvalue weighted by atomic mass is 9.93. The van der Waals surface area contributed by atoms with Gasteiger partial charge in [0, 0.05) is 15.6 Å². The van der Waals surface area contributed by atoms with Gasteiger partial charge in [-0.05, 0) is 84.0 Å². The van der Waals surface area contributed by atoms with Crippen LogP contribution in [0.1, 0.15) is 49.4 Å². The first-order chi connectivity index (χ1) is 22.2. The second-order valence-corrected chi connectivity index (χ2v) is 13.3. The molecule has 8 nitrogen and oxygen atoms in total. The number of nitrogens with zero attached hydrogens (tertiary/aromatic N) is 2. The van der Waals surface area contributed by atoms with Crippen LogP contribution in [-0.4, -0.2) is 31.4 Å². The highest BCUT2D eigenvalue weighted by molar-refractivity contribution is 14.1. The summed E-state index contributed by atoms with van der Waals surface area (Å²) in [4.78, 5) is 33.0. The maximum absolute atomic E-state index is 14.2. The third-order valence-electron chi connectivity index (χ3n) is 7.26. The fourth-order valence-corrected chi connectivity index (χ4v) is 7.39. The minimum absolute atomic E-state index is 0.0267. The highest BCUT2D eigenvalue weighted by atomic mass is 127. The van der Waals surface area contributed by atoms with Gasteiger partial charge < -0.3 is 18.9 Å². The lowest BCUT2D eigenvalue weighted by Crippen LogP contribution is -2.40. The maximum Gasteiger partial charge on any atom is 0.338 e. The lowest BCUT2D eigenvalue weighted by molar-refractivity contribution is -0.139. The molecule has 0 fully saturated rings. The van der Waals surface area contributed by atoms with E-state index in [1.165, 1.54) is 24.5 Å². The molecular weight excluding hydrogens is 790 g/mol. The van der Waals surface area contributed by atoms with Crippen LogP contribution in [0, 0.1) is 9.39 Å². The molecule has 0 saturated carbocycles. The highest BCUT2D eigenvalue weighted by Gasteiger charge is 2.36. The van der Waals surface area contributed by atoms with Gasteiger partial charge in [0.1, 0.15) is 24.2 Å². The smallest absolute Gasteiger partial charge is 0.338 e. The van der Waals surface area contributed by atoms with Gasteiger partial charge in [0.15, 0.2) is 16.3 Å². The van der Waals surface area contributed by atoms with Crippen molar-refractivity contribution >= 4 is 61.9 Å². The number of hydrogen-bond donors (Lipinski definition) is 0. The van der Waals surface area contributed by atoms with E-state index < -0.39 is 12.0 Å². The number of aromatic nitrogens is 1. The first-order valence-corrected chi connectivity index (χ1v) is 17.2. The number of carbonyl (C=O) groups is 1. The second kappa shape index (κ2) is 14.9. The molecule has 3 aromatic carbocycles. The summed E-state index contributed by atoms with van der Waals surface area (Å²) < 4.78 is 40.4. The van der Waals surface area contributed by atoms with Gasteiger partial charge >= 0.3 is 5.97 Å². The normalized spacial score (nSPS) is 14.5. The van der Waals surface area contributed by atoms with Gasteiger partial charge in [-0.3, -0.25) is 9.36 Å². The van der Waals surface area contributed by atoms with Crippen molar-refractivity contribution in [3.05, 3.63) is 116 Å². The van der Waals surface area contributed by atoms with Crippen LogP contribution in [0.5, 0.6) is 17.2 Å². The quantitative estimate of drug-likeness (QED) is 0.124. The van der Waals surface area contributed by atoms with Crippen molar-refractivity contribution in [1.82, 2.24) is 4.57 Å². The van der Waals surface area contributed by atoms with E-state index in [9.17, 15) is 14.0 Å². The van der Waals surface area contributed by atoms with Gasteiger partial charge in [-0.1, -0.05) is 58.8 Å². The Bertz CT molecular complexity index is 2010. The number of ether oxygens (including phenoxy) is 4. The Hall–Kier alpha value is -3.49. The molecule has 1 aliphatic rings. The minimum Gasteiger partial charge on any atom is -0.496 e. The molecule has 0 spiro atoms. The summed E-state index contributed by atoms with van der Waals surface area (Å²) in [6, 6.07) is 14.7. The van der Waals surface area contributed by atoms with E-state index in [0.29, 0.717) is 61.0 Å². The van der Waals surface area contributed by atoms with Crippen molar-refractivity contribution in [3.63, 3.8) is 0 Å². The Kier molecular flexibility index (Phi) is 11.0. The highest BCUT2D eigenvalue weighted by Crippen LogP contribution is 2.39. The number of fused-ring (bicyclic) bond motifs is 1. The van der Waals surface area contributed by atoms with Gasteiger partial charge in [-0.25, -0.2) is 14.2 Å². The van der Waals surface area contributed by atoms with E-state index in [1.807, 2.05) is 25.1 Å². The van der Waals surface area contributed by atoms with Gasteiger partial charge in [0.2, 0.25) is 0 Å². The molecule has 2 heterocycles. The van der Waals surface area contributed by atoms with E-state index in [0.717, 1.165) is 14.5 Å². The van der Waals surface area contributed by atoms with Crippen LogP contribution in [-0.2, 0) is 16.1 Å². The average molecular weight is 822 g/mol. The summed E-state index contributed by atoms with van der Waals surface area (Å²) in [7, 11) is 3.08. The first kappa shape index (κ1) is 33.9. The molecule has 240 valence electrons. The number of carbonyl (C=O) groups excluding carboxylic acids is 1. The molecule has 1 atom stereocenters. The van der Waals surface area contributed by atoms with Crippen LogP contribution in [0.3, 0.4) is 0 Å². The SMILES string of the molecule is CCCC1=C(C(=O)OCC)[C@H](c2cc(Br)ccc2OC)n2c(s/c(=C/c3cc(I)c(OCc4ccccc4F)c(OC)c3)c2=O)=N1. The summed E-state index contributed by atoms with van der Waals surface area (Å²) in [5.41, 5.74) is 2.32. The molecule has 46 heavy (non-hydrogen) atoms. The Balaban J connectivity index is 1.65. The zero-order valence-corrected chi connectivity index (χ0v) is 30.1. The van der Waals surface area contributed by atoms with Crippen LogP contribution < -0.4 is 29.1 Å². The maximum atomic E-state index is 14.2. The Labute approximate surface area is 291 Å². The predicted octanol–water partition coefficient (Wildman–Crippen LogP) is 6.68. The van der Waals surface area contributed by atoms with Crippen molar-refractivity contribution in [1.29, 1.82) is 0 Å². The summed E-state index contributed by atoms with van der Waals surface area (Å²) in [5, 5.41) is 0. The molecule has 0 saturated heterocycles. The van der Waals surface area contributed by atoms with Crippen molar-refractivity contribution in [2.24, 2.45) is 4.99 Å². The zero-order valence-electron chi connectivity index (χ0n) is 25.6. The molecule has 0 unspecified atom stereocenters. The van der Waals surface area contributed by atoms with E-state index in [-0.39, 0.29) is 24.6 Å². The molecule has 0 amide bonds. The van der Waals surface area contributed by atoms with Crippen molar-refractivity contribution in [2.75, 3.05) is 20.8 Å². The molecular formula is C34H31BrFIN2O6S. The first-order valence-electron chi connectivity index (χ1n) is 14.5. The zero-order chi connectivity index (χ0) is 33.0. The van der Waals surface area contributed by atoms with E-state index in [4.69, 9.17) is 23.9 Å². The lowest BCUT2D eigenvalue weighted by Gasteiger charge is -2.27. The minimum atomic E-state index is -0.824. The fourth-order valence-electron chi connectivity index (χ4n) is 5.21. The number of rotatable bonds is 11. The van der Waals surface area contributed by atoms with Crippen LogP contribution in [0.4, 0.5) is 4.39 Å². The Morgan fingerprint density at radius 3 is 2.57 bits per heavy atom. The molecule has 0 radical (unpaired) electrons. The van der Waals surface area contributed by atoms with Gasteiger partial charge in [-0.2, -0.15) is 0 Å². The molecule has 1 aromatic heterocycles. The topological polar surface area (TPSA) is 88.4 Å². The standard InChI is InChI=1S/C34H31BrFIN2O6S/c1-5-9-25-29(33(41)44-6-2)30(22-17-21(35)12-13-26(22)42-3)39-32(40)28(46-34(39)38-25)16-19-14-24(37)31(27(15-19)43-4)45-18-20-10-7-8-11-23(20)36/h7-8,10-17,30H,5-6,9,18H2,1-4H3/b28-16+/t30-/m0/s1. The summed E-state index contributed by atoms with van der Waals surface area (Å²) in [6.45, 7) is 3.95. The van der Waals surface area contributed by atoms with Crippen molar-refractivity contribution in [3.8, 4) is 17.2 Å². The number of esters is 1. The third kappa shape index (κ3) is 6.93. The number of thiazole rings is 1. The van der Waals surface area contributed by atoms with Crippen molar-refractivity contribution < 1.29 is 28.1 Å². The number of hydrogen-bond acceptors (Lipinski definition) is 8. The third-order valence-corrected chi connectivity index (χ3v) is 9.54. The second-order valence-electron chi connectivity index (χ2n) is 10.2.